The van der Waals surface area contributed by atoms with E-state index >= 15 is 0 Å². The van der Waals surface area contributed by atoms with Gasteiger partial charge in [0.1, 0.15) is 16.9 Å². The number of carboxylic acid groups (broad SMARTS) is 1. The zero-order valence-corrected chi connectivity index (χ0v) is 16.5. The van der Waals surface area contributed by atoms with E-state index in [1.807, 2.05) is 12.1 Å². The van der Waals surface area contributed by atoms with E-state index in [1.165, 1.54) is 24.3 Å². The average Bonchev–Trinajstić information content (AvgIpc) is 3.42. The Morgan fingerprint density at radius 1 is 1.12 bits per heavy atom. The highest BCUT2D eigenvalue weighted by molar-refractivity contribution is 6.09. The Bertz CT molecular complexity index is 1250. The number of hydrogen-bond acceptors (Lipinski definition) is 7. The predicted molar refractivity (Wildman–Crippen MR) is 109 cm³/mol. The van der Waals surface area contributed by atoms with E-state index in [0.29, 0.717) is 16.9 Å². The molecule has 0 bridgehead atoms. The summed E-state index contributed by atoms with van der Waals surface area (Å²) in [5.74, 6) is -4.33. The van der Waals surface area contributed by atoms with Crippen LogP contribution in [0.4, 0.5) is 5.69 Å². The second-order valence-electron chi connectivity index (χ2n) is 8.04. The quantitative estimate of drug-likeness (QED) is 0.312. The van der Waals surface area contributed by atoms with Gasteiger partial charge >= 0.3 is 5.97 Å². The second kappa shape index (κ2) is 6.99. The lowest BCUT2D eigenvalue weighted by Crippen LogP contribution is -2.57. The summed E-state index contributed by atoms with van der Waals surface area (Å²) in [6.45, 7) is 0. The number of nitro groups is 1. The Hall–Kier alpha value is -4.05. The molecule has 0 aliphatic carbocycles. The topological polar surface area (TPSA) is 152 Å². The molecule has 2 fully saturated rings. The van der Waals surface area contributed by atoms with Crippen LogP contribution in [0, 0.1) is 22.0 Å². The Balaban J connectivity index is 1.58. The standard InChI is InChI=1S/C22H17N3O7/c26-19-16-17(20(27)23-19)22(21(28)29,10-11-5-7-13(8-6-11)25(30)31)24-18(16)15-9-12-3-1-2-4-14(12)32-15/h1-9,16-18,24H,10H2,(H,28,29)(H,23,26,27). The molecule has 3 heterocycles. The lowest BCUT2D eigenvalue weighted by Gasteiger charge is -2.29. The zero-order chi connectivity index (χ0) is 22.6. The normalized spacial score (nSPS) is 26.8. The number of carbonyl (C=O) groups excluding carboxylic acids is 2. The van der Waals surface area contributed by atoms with Gasteiger partial charge in [0.2, 0.25) is 11.8 Å². The summed E-state index contributed by atoms with van der Waals surface area (Å²) in [4.78, 5) is 48.3. The van der Waals surface area contributed by atoms with E-state index in [2.05, 4.69) is 10.6 Å². The fraction of sp³-hybridized carbons (Fsp3) is 0.227. The van der Waals surface area contributed by atoms with Gasteiger partial charge in [-0.05, 0) is 17.7 Å². The third-order valence-electron chi connectivity index (χ3n) is 6.26. The van der Waals surface area contributed by atoms with Crippen molar-refractivity contribution in [3.05, 3.63) is 76.0 Å². The van der Waals surface area contributed by atoms with Crippen molar-refractivity contribution in [2.45, 2.75) is 18.0 Å². The van der Waals surface area contributed by atoms with Crippen LogP contribution in [0.25, 0.3) is 11.0 Å². The van der Waals surface area contributed by atoms with Gasteiger partial charge in [-0.2, -0.15) is 0 Å². The zero-order valence-electron chi connectivity index (χ0n) is 16.5. The van der Waals surface area contributed by atoms with E-state index in [-0.39, 0.29) is 12.1 Å². The van der Waals surface area contributed by atoms with E-state index < -0.39 is 46.1 Å². The molecule has 4 atom stereocenters. The van der Waals surface area contributed by atoms with Gasteiger partial charge in [0, 0.05) is 23.9 Å². The van der Waals surface area contributed by atoms with Crippen molar-refractivity contribution in [3.63, 3.8) is 0 Å². The van der Waals surface area contributed by atoms with Crippen molar-refractivity contribution in [1.82, 2.24) is 10.6 Å². The molecular weight excluding hydrogens is 418 g/mol. The second-order valence-corrected chi connectivity index (χ2v) is 8.04. The fourth-order valence-corrected chi connectivity index (χ4v) is 4.82. The van der Waals surface area contributed by atoms with Gasteiger partial charge in [-0.15, -0.1) is 0 Å². The first-order chi connectivity index (χ1) is 15.3. The van der Waals surface area contributed by atoms with Crippen molar-refractivity contribution < 1.29 is 28.8 Å². The molecule has 3 aromatic rings. The van der Waals surface area contributed by atoms with E-state index in [0.717, 1.165) is 5.39 Å². The van der Waals surface area contributed by atoms with Crippen LogP contribution >= 0.6 is 0 Å². The molecule has 0 radical (unpaired) electrons. The van der Waals surface area contributed by atoms with Gasteiger partial charge in [0.25, 0.3) is 5.69 Å². The number of nitrogens with zero attached hydrogens (tertiary/aromatic N) is 1. The third-order valence-corrected chi connectivity index (χ3v) is 6.26. The molecule has 1 aromatic heterocycles. The number of carbonyl (C=O) groups is 3. The summed E-state index contributed by atoms with van der Waals surface area (Å²) in [5, 5.41) is 27.2. The molecule has 2 amide bonds. The number of nitro benzene ring substituents is 1. The Morgan fingerprint density at radius 2 is 1.84 bits per heavy atom. The number of furan rings is 1. The predicted octanol–water partition coefficient (Wildman–Crippen LogP) is 1.94. The average molecular weight is 435 g/mol. The van der Waals surface area contributed by atoms with Gasteiger partial charge in [0.05, 0.1) is 22.8 Å². The molecule has 0 spiro atoms. The number of amides is 2. The number of non-ortho nitro benzene ring substituents is 1. The SMILES string of the molecule is O=C1NC(=O)C2C1C(c1cc3ccccc3o1)NC2(Cc1ccc([N+](=O)[O-])cc1)C(=O)O. The Labute approximate surface area is 180 Å². The lowest BCUT2D eigenvalue weighted by atomic mass is 9.76. The van der Waals surface area contributed by atoms with E-state index in [9.17, 15) is 29.6 Å². The first-order valence-electron chi connectivity index (χ1n) is 9.88. The van der Waals surface area contributed by atoms with E-state index in [1.54, 1.807) is 18.2 Å². The number of benzene rings is 2. The van der Waals surface area contributed by atoms with Crippen molar-refractivity contribution in [1.29, 1.82) is 0 Å². The maximum atomic E-state index is 12.7. The van der Waals surface area contributed by atoms with Crippen LogP contribution in [0.2, 0.25) is 0 Å². The maximum absolute atomic E-state index is 12.7. The highest BCUT2D eigenvalue weighted by atomic mass is 16.6. The van der Waals surface area contributed by atoms with Crippen LogP contribution in [-0.2, 0) is 20.8 Å². The van der Waals surface area contributed by atoms with Gasteiger partial charge in [-0.1, -0.05) is 30.3 Å². The summed E-state index contributed by atoms with van der Waals surface area (Å²) >= 11 is 0. The van der Waals surface area contributed by atoms with Crippen molar-refractivity contribution in [2.75, 3.05) is 0 Å². The minimum absolute atomic E-state index is 0.135. The monoisotopic (exact) mass is 435 g/mol. The van der Waals surface area contributed by atoms with Gasteiger partial charge < -0.3 is 9.52 Å². The molecule has 2 aromatic carbocycles. The molecule has 2 aliphatic heterocycles. The summed E-state index contributed by atoms with van der Waals surface area (Å²) in [5.41, 5.74) is -0.888. The summed E-state index contributed by atoms with van der Waals surface area (Å²) in [6, 6.07) is 13.5. The number of para-hydroxylation sites is 1. The molecule has 2 saturated heterocycles. The molecule has 2 aliphatic rings. The number of fused-ring (bicyclic) bond motifs is 2. The Kier molecular flexibility index (Phi) is 4.34. The number of carboxylic acids is 1. The van der Waals surface area contributed by atoms with Crippen LogP contribution in [0.5, 0.6) is 0 Å². The Morgan fingerprint density at radius 3 is 2.50 bits per heavy atom. The first-order valence-corrected chi connectivity index (χ1v) is 9.88. The minimum atomic E-state index is -1.80. The van der Waals surface area contributed by atoms with Gasteiger partial charge in [-0.3, -0.25) is 35.1 Å². The molecule has 10 heteroatoms. The van der Waals surface area contributed by atoms with E-state index in [4.69, 9.17) is 4.42 Å². The number of nitrogens with one attached hydrogen (secondary N) is 2. The van der Waals surface area contributed by atoms with Crippen molar-refractivity contribution in [2.24, 2.45) is 11.8 Å². The van der Waals surface area contributed by atoms with Crippen molar-refractivity contribution in [3.8, 4) is 0 Å². The molecule has 0 saturated carbocycles. The molecule has 3 N–H and O–H groups in total. The summed E-state index contributed by atoms with van der Waals surface area (Å²) < 4.78 is 5.89. The number of aliphatic carboxylic acids is 1. The van der Waals surface area contributed by atoms with Crippen LogP contribution in [0.15, 0.2) is 59.0 Å². The molecular formula is C22H17N3O7. The highest BCUT2D eigenvalue weighted by Gasteiger charge is 2.67. The first kappa shape index (κ1) is 19.9. The molecule has 10 nitrogen and oxygen atoms in total. The molecule has 162 valence electrons. The maximum Gasteiger partial charge on any atom is 0.325 e. The highest BCUT2D eigenvalue weighted by Crippen LogP contribution is 2.48. The lowest BCUT2D eigenvalue weighted by molar-refractivity contribution is -0.384. The largest absolute Gasteiger partial charge is 0.480 e. The summed E-state index contributed by atoms with van der Waals surface area (Å²) in [6.07, 6.45) is -0.154. The van der Waals surface area contributed by atoms with Gasteiger partial charge in [-0.25, -0.2) is 0 Å². The minimum Gasteiger partial charge on any atom is -0.480 e. The summed E-state index contributed by atoms with van der Waals surface area (Å²) in [7, 11) is 0. The third kappa shape index (κ3) is 2.88. The fourth-order valence-electron chi connectivity index (χ4n) is 4.82. The molecule has 32 heavy (non-hydrogen) atoms. The number of rotatable bonds is 5. The molecule has 4 unspecified atom stereocenters. The van der Waals surface area contributed by atoms with Crippen LogP contribution in [-0.4, -0.2) is 33.4 Å². The molecule has 5 rings (SSSR count). The van der Waals surface area contributed by atoms with Gasteiger partial charge in [0.15, 0.2) is 0 Å². The number of hydrogen-bond donors (Lipinski definition) is 3. The van der Waals surface area contributed by atoms with Crippen LogP contribution < -0.4 is 10.6 Å². The van der Waals surface area contributed by atoms with Crippen LogP contribution in [0.3, 0.4) is 0 Å². The number of imide groups is 1. The van der Waals surface area contributed by atoms with Crippen LogP contribution in [0.1, 0.15) is 17.4 Å². The smallest absolute Gasteiger partial charge is 0.325 e. The van der Waals surface area contributed by atoms with Crippen molar-refractivity contribution >= 4 is 34.4 Å².